The van der Waals surface area contributed by atoms with E-state index in [0.29, 0.717) is 44.0 Å². The van der Waals surface area contributed by atoms with Gasteiger partial charge in [-0.1, -0.05) is 6.58 Å². The molecule has 1 N–H and O–H groups in total. The number of hydrogen-bond donors (Lipinski definition) is 1. The molecule has 0 rings (SSSR count). The Labute approximate surface area is 146 Å². The number of esters is 1. The topological polar surface area (TPSA) is 77.1 Å². The number of alkyl carbamates (subject to hydrolysis) is 1. The van der Waals surface area contributed by atoms with Gasteiger partial charge in [0.1, 0.15) is 13.2 Å². The van der Waals surface area contributed by atoms with Crippen molar-refractivity contribution < 1.29 is 25.2 Å². The van der Waals surface area contributed by atoms with Gasteiger partial charge in [0.15, 0.2) is 0 Å². The normalized spacial score (nSPS) is 11.0. The molecule has 0 atom stereocenters. The number of amides is 1. The first-order chi connectivity index (χ1) is 11.3. The minimum absolute atomic E-state index is 0. The van der Waals surface area contributed by atoms with Crippen molar-refractivity contribution in [3.63, 3.8) is 0 Å². The van der Waals surface area contributed by atoms with E-state index in [1.807, 2.05) is 0 Å². The van der Waals surface area contributed by atoms with Gasteiger partial charge in [0.05, 0.1) is 13.2 Å². The molecule has 0 aromatic carbocycles. The molecule has 0 bridgehead atoms. The largest absolute Gasteiger partial charge is 0.460 e. The van der Waals surface area contributed by atoms with Crippen LogP contribution < -0.4 is 5.32 Å². The van der Waals surface area contributed by atoms with Gasteiger partial charge < -0.3 is 19.5 Å². The second kappa shape index (κ2) is 12.8. The summed E-state index contributed by atoms with van der Waals surface area (Å²) in [7, 11) is 0. The molecule has 0 aliphatic carbocycles. The zero-order valence-corrected chi connectivity index (χ0v) is 15.6. The fourth-order valence-electron chi connectivity index (χ4n) is 2.05. The maximum atomic E-state index is 11.5. The summed E-state index contributed by atoms with van der Waals surface area (Å²) < 4.78 is 15.2. The van der Waals surface area contributed by atoms with Crippen molar-refractivity contribution in [1.82, 2.24) is 10.2 Å². The third-order valence-corrected chi connectivity index (χ3v) is 3.23. The van der Waals surface area contributed by atoms with Gasteiger partial charge in [-0.3, -0.25) is 4.90 Å². The molecular formula is C17H34N2O5. The summed E-state index contributed by atoms with van der Waals surface area (Å²) in [5.74, 6) is -0.433. The summed E-state index contributed by atoms with van der Waals surface area (Å²) in [6.07, 6.45) is -0.459. The van der Waals surface area contributed by atoms with Crippen LogP contribution in [-0.2, 0) is 19.0 Å². The first kappa shape index (κ1) is 22.4. The maximum absolute atomic E-state index is 11.5. The van der Waals surface area contributed by atoms with E-state index in [9.17, 15) is 9.59 Å². The third-order valence-electron chi connectivity index (χ3n) is 3.23. The molecule has 0 unspecified atom stereocenters. The van der Waals surface area contributed by atoms with E-state index < -0.39 is 12.1 Å². The predicted molar refractivity (Wildman–Crippen MR) is 95.0 cm³/mol. The summed E-state index contributed by atoms with van der Waals surface area (Å²) in [6, 6.07) is 0.813. The summed E-state index contributed by atoms with van der Waals surface area (Å²) >= 11 is 0. The molecule has 0 spiro atoms. The smallest absolute Gasteiger partial charge is 0.407 e. The van der Waals surface area contributed by atoms with E-state index in [4.69, 9.17) is 14.2 Å². The number of carbonyl (C=O) groups excluding carboxylic acids is 2. The van der Waals surface area contributed by atoms with Gasteiger partial charge in [0.2, 0.25) is 0 Å². The van der Waals surface area contributed by atoms with Crippen molar-refractivity contribution in [3.8, 4) is 0 Å². The van der Waals surface area contributed by atoms with Crippen LogP contribution in [0, 0.1) is 0 Å². The lowest BCUT2D eigenvalue weighted by Gasteiger charge is -2.30. The molecule has 0 aliphatic heterocycles. The Kier molecular flexibility index (Phi) is 11.9. The van der Waals surface area contributed by atoms with Crippen molar-refractivity contribution in [2.45, 2.75) is 46.7 Å². The van der Waals surface area contributed by atoms with Crippen LogP contribution in [0.5, 0.6) is 0 Å². The van der Waals surface area contributed by atoms with Crippen molar-refractivity contribution in [3.05, 3.63) is 12.2 Å². The van der Waals surface area contributed by atoms with Gasteiger partial charge in [-0.2, -0.15) is 0 Å². The summed E-state index contributed by atoms with van der Waals surface area (Å²) in [5.41, 5.74) is 0.355. The predicted octanol–water partition coefficient (Wildman–Crippen LogP) is 2.21. The zero-order valence-electron chi connectivity index (χ0n) is 15.6. The Bertz CT molecular complexity index is 394. The van der Waals surface area contributed by atoms with Crippen molar-refractivity contribution in [1.29, 1.82) is 0 Å². The Balaban J connectivity index is 0. The Morgan fingerprint density at radius 3 is 2.21 bits per heavy atom. The highest BCUT2D eigenvalue weighted by Crippen LogP contribution is 2.03. The monoisotopic (exact) mass is 346 g/mol. The average molecular weight is 346 g/mol. The molecule has 24 heavy (non-hydrogen) atoms. The number of hydrogen-bond acceptors (Lipinski definition) is 6. The van der Waals surface area contributed by atoms with Crippen LogP contribution in [0.1, 0.15) is 36.0 Å². The van der Waals surface area contributed by atoms with E-state index in [-0.39, 0.29) is 14.6 Å². The molecule has 0 fully saturated rings. The highest BCUT2D eigenvalue weighted by molar-refractivity contribution is 5.86. The van der Waals surface area contributed by atoms with Crippen LogP contribution in [0.3, 0.4) is 0 Å². The van der Waals surface area contributed by atoms with Crippen LogP contribution >= 0.6 is 0 Å². The number of nitrogens with one attached hydrogen (secondary N) is 1. The van der Waals surface area contributed by atoms with E-state index in [1.54, 1.807) is 6.92 Å². The molecule has 0 saturated heterocycles. The first-order valence-corrected chi connectivity index (χ1v) is 8.32. The van der Waals surface area contributed by atoms with E-state index in [0.717, 1.165) is 0 Å². The lowest BCUT2D eigenvalue weighted by atomic mass is 10.2. The van der Waals surface area contributed by atoms with Gasteiger partial charge >= 0.3 is 12.1 Å². The average Bonchev–Trinajstić information content (AvgIpc) is 2.49. The van der Waals surface area contributed by atoms with Gasteiger partial charge in [0.25, 0.3) is 0 Å². The molecule has 1 amide bonds. The fraction of sp³-hybridized carbons (Fsp3) is 0.765. The van der Waals surface area contributed by atoms with Crippen LogP contribution in [0.25, 0.3) is 0 Å². The van der Waals surface area contributed by atoms with Crippen molar-refractivity contribution in [2.24, 2.45) is 0 Å². The molecule has 7 nitrogen and oxygen atoms in total. The lowest BCUT2D eigenvalue weighted by molar-refractivity contribution is -0.140. The SMILES string of the molecule is C=C(C)C(=O)OCCOCCNC(=O)OCCN(C(C)C)C(C)C.[HH]. The first-order valence-electron chi connectivity index (χ1n) is 8.32. The number of nitrogens with zero attached hydrogens (tertiary/aromatic N) is 1. The Morgan fingerprint density at radius 1 is 1.04 bits per heavy atom. The molecule has 0 aromatic heterocycles. The van der Waals surface area contributed by atoms with Gasteiger partial charge in [-0.25, -0.2) is 9.59 Å². The lowest BCUT2D eigenvalue weighted by Crippen LogP contribution is -2.40. The summed E-state index contributed by atoms with van der Waals surface area (Å²) in [4.78, 5) is 24.9. The minimum atomic E-state index is -0.459. The highest BCUT2D eigenvalue weighted by atomic mass is 16.6. The molecule has 0 aliphatic rings. The molecule has 0 saturated carbocycles. The van der Waals surface area contributed by atoms with E-state index in [2.05, 4.69) is 44.5 Å². The van der Waals surface area contributed by atoms with Crippen LogP contribution in [0.2, 0.25) is 0 Å². The second-order valence-corrected chi connectivity index (χ2v) is 6.02. The summed E-state index contributed by atoms with van der Waals surface area (Å²) in [6.45, 7) is 15.7. The molecular weight excluding hydrogens is 312 g/mol. The van der Waals surface area contributed by atoms with Crippen molar-refractivity contribution in [2.75, 3.05) is 39.5 Å². The number of rotatable bonds is 12. The third kappa shape index (κ3) is 11.0. The molecule has 0 heterocycles. The minimum Gasteiger partial charge on any atom is -0.460 e. The Hall–Kier alpha value is -1.60. The maximum Gasteiger partial charge on any atom is 0.407 e. The molecule has 7 heteroatoms. The van der Waals surface area contributed by atoms with Crippen LogP contribution in [0.4, 0.5) is 4.79 Å². The summed E-state index contributed by atoms with van der Waals surface area (Å²) in [5, 5.41) is 2.61. The number of ether oxygens (including phenoxy) is 3. The quantitative estimate of drug-likeness (QED) is 0.332. The Morgan fingerprint density at radius 2 is 1.67 bits per heavy atom. The second-order valence-electron chi connectivity index (χ2n) is 6.02. The van der Waals surface area contributed by atoms with E-state index >= 15 is 0 Å². The fourth-order valence-corrected chi connectivity index (χ4v) is 2.05. The van der Waals surface area contributed by atoms with Gasteiger partial charge in [-0.15, -0.1) is 0 Å². The highest BCUT2D eigenvalue weighted by Gasteiger charge is 2.13. The standard InChI is InChI=1S/C17H32N2O5.H2/c1-13(2)16(20)23-12-11-22-9-7-18-17(21)24-10-8-19(14(3)4)15(5)6;/h14-15H,1,7-12H2,2-6H3,(H,18,21);1H. The van der Waals surface area contributed by atoms with Crippen LogP contribution in [0.15, 0.2) is 12.2 Å². The van der Waals surface area contributed by atoms with Crippen molar-refractivity contribution >= 4 is 12.1 Å². The van der Waals surface area contributed by atoms with E-state index in [1.165, 1.54) is 0 Å². The molecule has 0 aromatic rings. The van der Waals surface area contributed by atoms with Gasteiger partial charge in [0, 0.05) is 32.2 Å². The van der Waals surface area contributed by atoms with Crippen LogP contribution in [-0.4, -0.2) is 68.6 Å². The van der Waals surface area contributed by atoms with Gasteiger partial charge in [-0.05, 0) is 34.6 Å². The number of carbonyl (C=O) groups is 2. The zero-order chi connectivity index (χ0) is 18.5. The molecule has 0 radical (unpaired) electrons. The molecule has 142 valence electrons.